The Bertz CT molecular complexity index is 221. The lowest BCUT2D eigenvalue weighted by Crippen LogP contribution is -1.89. The first kappa shape index (κ1) is 18.4. The molecule has 0 bridgehead atoms. The summed E-state index contributed by atoms with van der Waals surface area (Å²) < 4.78 is 0. The van der Waals surface area contributed by atoms with E-state index in [0.717, 1.165) is 25.7 Å². The predicted molar refractivity (Wildman–Crippen MR) is 82.3 cm³/mol. The van der Waals surface area contributed by atoms with E-state index in [1.807, 2.05) is 0 Å². The third-order valence-corrected chi connectivity index (χ3v) is 3.35. The number of unbranched alkanes of at least 4 members (excludes halogenated alkanes) is 9. The molecule has 0 spiro atoms. The minimum absolute atomic E-state index is 0.321. The highest BCUT2D eigenvalue weighted by Gasteiger charge is 1.93. The van der Waals surface area contributed by atoms with Crippen LogP contribution in [0.25, 0.3) is 0 Å². The zero-order chi connectivity index (χ0) is 14.2. The number of rotatable bonds is 14. The Hall–Kier alpha value is -0.630. The van der Waals surface area contributed by atoms with Crippen LogP contribution in [0.1, 0.15) is 84.0 Å². The number of hydrogen-bond donors (Lipinski definition) is 1. The molecule has 2 heteroatoms. The number of carbonyl (C=O) groups excluding carboxylic acids is 1. The smallest absolute Gasteiger partial charge is 0.129 e. The maximum Gasteiger partial charge on any atom is 0.129 e. The maximum atomic E-state index is 10.7. The van der Waals surface area contributed by atoms with Crippen molar-refractivity contribution in [3.05, 3.63) is 12.2 Å². The summed E-state index contributed by atoms with van der Waals surface area (Å²) in [6.07, 6.45) is 18.5. The molecule has 0 aromatic heterocycles. The minimum atomic E-state index is 0.321. The summed E-state index contributed by atoms with van der Waals surface area (Å²) in [4.78, 5) is 10.7. The van der Waals surface area contributed by atoms with Crippen LogP contribution in [0.3, 0.4) is 0 Å². The van der Waals surface area contributed by atoms with Crippen molar-refractivity contribution < 1.29 is 9.90 Å². The number of carbonyl (C=O) groups is 1. The molecule has 0 heterocycles. The van der Waals surface area contributed by atoms with Gasteiger partial charge in [0.1, 0.15) is 5.78 Å². The fourth-order valence-corrected chi connectivity index (χ4v) is 2.13. The van der Waals surface area contributed by atoms with Crippen LogP contribution in [0.5, 0.6) is 0 Å². The van der Waals surface area contributed by atoms with Gasteiger partial charge in [-0.15, -0.1) is 0 Å². The van der Waals surface area contributed by atoms with Crippen LogP contribution in [0.4, 0.5) is 0 Å². The molecule has 0 radical (unpaired) electrons. The molecule has 0 atom stereocenters. The number of aliphatic hydroxyl groups is 1. The van der Waals surface area contributed by atoms with Crippen LogP contribution in [-0.4, -0.2) is 17.5 Å². The van der Waals surface area contributed by atoms with E-state index < -0.39 is 0 Å². The number of aliphatic hydroxyl groups excluding tert-OH is 1. The van der Waals surface area contributed by atoms with Gasteiger partial charge in [-0.2, -0.15) is 0 Å². The van der Waals surface area contributed by atoms with Gasteiger partial charge >= 0.3 is 0 Å². The van der Waals surface area contributed by atoms with Crippen molar-refractivity contribution in [2.24, 2.45) is 0 Å². The van der Waals surface area contributed by atoms with Crippen LogP contribution in [0.15, 0.2) is 12.2 Å². The second-order valence-corrected chi connectivity index (χ2v) is 5.41. The van der Waals surface area contributed by atoms with Crippen molar-refractivity contribution in [1.29, 1.82) is 0 Å². The Kier molecular flexibility index (Phi) is 14.9. The third-order valence-electron chi connectivity index (χ3n) is 3.35. The molecule has 0 saturated heterocycles. The summed E-state index contributed by atoms with van der Waals surface area (Å²) in [6, 6.07) is 0. The lowest BCUT2D eigenvalue weighted by atomic mass is 10.1. The van der Waals surface area contributed by atoms with E-state index >= 15 is 0 Å². The van der Waals surface area contributed by atoms with E-state index in [9.17, 15) is 4.79 Å². The zero-order valence-electron chi connectivity index (χ0n) is 12.7. The van der Waals surface area contributed by atoms with E-state index in [2.05, 4.69) is 12.2 Å². The molecule has 0 aliphatic carbocycles. The van der Waals surface area contributed by atoms with Crippen molar-refractivity contribution in [3.63, 3.8) is 0 Å². The standard InChI is InChI=1S/C17H32O2/c1-17(19)15-13-11-9-7-5-3-2-4-6-8-10-12-14-16-18/h2,4,18H,3,5-16H2,1H3/b4-2+. The molecule has 0 fully saturated rings. The predicted octanol–water partition coefficient (Wildman–Crippen LogP) is 4.81. The van der Waals surface area contributed by atoms with Gasteiger partial charge in [-0.3, -0.25) is 0 Å². The Morgan fingerprint density at radius 2 is 1.26 bits per heavy atom. The Labute approximate surface area is 119 Å². The van der Waals surface area contributed by atoms with Crippen molar-refractivity contribution in [2.75, 3.05) is 6.61 Å². The SMILES string of the molecule is CC(=O)CCCCCCC/C=C/CCCCCCO. The molecule has 1 N–H and O–H groups in total. The van der Waals surface area contributed by atoms with Gasteiger partial charge in [-0.25, -0.2) is 0 Å². The molecular formula is C17H32O2. The van der Waals surface area contributed by atoms with Gasteiger partial charge in [0, 0.05) is 13.0 Å². The molecule has 0 aromatic carbocycles. The monoisotopic (exact) mass is 268 g/mol. The first-order valence-corrected chi connectivity index (χ1v) is 8.02. The van der Waals surface area contributed by atoms with E-state index in [-0.39, 0.29) is 0 Å². The highest BCUT2D eigenvalue weighted by molar-refractivity contribution is 5.75. The van der Waals surface area contributed by atoms with Gasteiger partial charge in [0.25, 0.3) is 0 Å². The summed E-state index contributed by atoms with van der Waals surface area (Å²) in [5.41, 5.74) is 0. The summed E-state index contributed by atoms with van der Waals surface area (Å²) in [7, 11) is 0. The van der Waals surface area contributed by atoms with Gasteiger partial charge in [0.05, 0.1) is 0 Å². The Balaban J connectivity index is 3.06. The molecule has 2 nitrogen and oxygen atoms in total. The van der Waals surface area contributed by atoms with Crippen LogP contribution >= 0.6 is 0 Å². The number of hydrogen-bond acceptors (Lipinski definition) is 2. The highest BCUT2D eigenvalue weighted by Crippen LogP contribution is 2.08. The van der Waals surface area contributed by atoms with E-state index in [0.29, 0.717) is 12.4 Å². The van der Waals surface area contributed by atoms with Crippen molar-refractivity contribution in [2.45, 2.75) is 84.0 Å². The molecule has 0 aliphatic rings. The topological polar surface area (TPSA) is 37.3 Å². The third kappa shape index (κ3) is 17.4. The fraction of sp³-hybridized carbons (Fsp3) is 0.824. The summed E-state index contributed by atoms with van der Waals surface area (Å²) in [5, 5.41) is 8.64. The quantitative estimate of drug-likeness (QED) is 0.363. The van der Waals surface area contributed by atoms with Crippen LogP contribution in [0, 0.1) is 0 Å². The maximum absolute atomic E-state index is 10.7. The zero-order valence-corrected chi connectivity index (χ0v) is 12.7. The number of Topliss-reactive ketones (excluding diaryl/α,β-unsaturated/α-hetero) is 1. The molecule has 0 aromatic rings. The first-order chi connectivity index (χ1) is 9.27. The molecular weight excluding hydrogens is 236 g/mol. The normalized spacial score (nSPS) is 11.3. The van der Waals surface area contributed by atoms with Crippen molar-refractivity contribution in [3.8, 4) is 0 Å². The van der Waals surface area contributed by atoms with Crippen molar-refractivity contribution >= 4 is 5.78 Å². The Morgan fingerprint density at radius 1 is 0.789 bits per heavy atom. The van der Waals surface area contributed by atoms with Gasteiger partial charge in [-0.1, -0.05) is 44.3 Å². The first-order valence-electron chi connectivity index (χ1n) is 8.02. The number of allylic oxidation sites excluding steroid dienone is 2. The fourth-order valence-electron chi connectivity index (χ4n) is 2.13. The molecule has 0 unspecified atom stereocenters. The molecule has 0 amide bonds. The van der Waals surface area contributed by atoms with Crippen molar-refractivity contribution in [1.82, 2.24) is 0 Å². The number of ketones is 1. The molecule has 112 valence electrons. The van der Waals surface area contributed by atoms with Gasteiger partial charge in [-0.05, 0) is 45.4 Å². The van der Waals surface area contributed by atoms with Gasteiger partial charge in [0.2, 0.25) is 0 Å². The average molecular weight is 268 g/mol. The summed E-state index contributed by atoms with van der Waals surface area (Å²) in [6.45, 7) is 2.01. The van der Waals surface area contributed by atoms with Gasteiger partial charge in [0.15, 0.2) is 0 Å². The average Bonchev–Trinajstić information content (AvgIpc) is 2.39. The lowest BCUT2D eigenvalue weighted by molar-refractivity contribution is -0.117. The molecule has 0 aliphatic heterocycles. The van der Waals surface area contributed by atoms with Crippen LogP contribution in [0.2, 0.25) is 0 Å². The van der Waals surface area contributed by atoms with E-state index in [4.69, 9.17) is 5.11 Å². The van der Waals surface area contributed by atoms with Crippen LogP contribution < -0.4 is 0 Å². The molecule has 0 saturated carbocycles. The largest absolute Gasteiger partial charge is 0.396 e. The Morgan fingerprint density at radius 3 is 1.79 bits per heavy atom. The summed E-state index contributed by atoms with van der Waals surface area (Å²) >= 11 is 0. The minimum Gasteiger partial charge on any atom is -0.396 e. The molecule has 19 heavy (non-hydrogen) atoms. The van der Waals surface area contributed by atoms with Crippen LogP contribution in [-0.2, 0) is 4.79 Å². The highest BCUT2D eigenvalue weighted by atomic mass is 16.2. The summed E-state index contributed by atoms with van der Waals surface area (Å²) in [5.74, 6) is 0.321. The molecule has 0 rings (SSSR count). The lowest BCUT2D eigenvalue weighted by Gasteiger charge is -1.99. The van der Waals surface area contributed by atoms with E-state index in [1.54, 1.807) is 6.92 Å². The second kappa shape index (κ2) is 15.4. The second-order valence-electron chi connectivity index (χ2n) is 5.41. The van der Waals surface area contributed by atoms with Gasteiger partial charge < -0.3 is 9.90 Å². The van der Waals surface area contributed by atoms with E-state index in [1.165, 1.54) is 51.4 Å².